The van der Waals surface area contributed by atoms with Crippen molar-refractivity contribution in [3.05, 3.63) is 11.8 Å². The molecule has 0 aliphatic carbocycles. The summed E-state index contributed by atoms with van der Waals surface area (Å²) in [5.74, 6) is 0. The van der Waals surface area contributed by atoms with Gasteiger partial charge < -0.3 is 5.73 Å². The third-order valence-electron chi connectivity index (χ3n) is 3.54. The average molecular weight is 213 g/mol. The minimum Gasteiger partial charge on any atom is -0.327 e. The lowest BCUT2D eigenvalue weighted by atomic mass is 10.5. The Kier molecular flexibility index (Phi) is 5.68. The molecule has 0 saturated carbocycles. The highest BCUT2D eigenvalue weighted by atomic mass is 28.3. The van der Waals surface area contributed by atoms with E-state index in [2.05, 4.69) is 53.3 Å². The second-order valence-electron chi connectivity index (χ2n) is 5.10. The monoisotopic (exact) mass is 213 g/mol. The first-order chi connectivity index (χ1) is 6.39. The van der Waals surface area contributed by atoms with Gasteiger partial charge in [0.05, 0.1) is 8.07 Å². The zero-order chi connectivity index (χ0) is 11.4. The first-order valence-corrected chi connectivity index (χ1v) is 8.08. The van der Waals surface area contributed by atoms with Gasteiger partial charge in [0.2, 0.25) is 0 Å². The number of hydrogen-bond donors (Lipinski definition) is 1. The summed E-state index contributed by atoms with van der Waals surface area (Å²) in [6, 6.07) is 0. The zero-order valence-electron chi connectivity index (χ0n) is 10.7. The van der Waals surface area contributed by atoms with E-state index >= 15 is 0 Å². The van der Waals surface area contributed by atoms with Gasteiger partial charge in [-0.25, -0.2) is 0 Å². The molecule has 1 nitrogen and oxygen atoms in total. The van der Waals surface area contributed by atoms with E-state index in [9.17, 15) is 0 Å². The Morgan fingerprint density at radius 1 is 0.929 bits per heavy atom. The molecule has 0 aromatic carbocycles. The maximum absolute atomic E-state index is 5.57. The summed E-state index contributed by atoms with van der Waals surface area (Å²) in [5.41, 5.74) is 10.4. The number of nitrogens with two attached hydrogens (primary N) is 1. The van der Waals surface area contributed by atoms with E-state index in [-0.39, 0.29) is 0 Å². The van der Waals surface area contributed by atoms with Crippen LogP contribution < -0.4 is 5.73 Å². The normalized spacial score (nSPS) is 13.9. The summed E-state index contributed by atoms with van der Waals surface area (Å²) in [6.07, 6.45) is 2.17. The van der Waals surface area contributed by atoms with Crippen molar-refractivity contribution in [1.82, 2.24) is 0 Å². The van der Waals surface area contributed by atoms with E-state index in [1.165, 1.54) is 0 Å². The highest BCUT2D eigenvalue weighted by Gasteiger charge is 2.39. The predicted molar refractivity (Wildman–Crippen MR) is 69.2 cm³/mol. The molecule has 0 amide bonds. The van der Waals surface area contributed by atoms with Crippen LogP contribution in [-0.2, 0) is 0 Å². The van der Waals surface area contributed by atoms with Crippen LogP contribution >= 0.6 is 0 Å². The van der Waals surface area contributed by atoms with Gasteiger partial charge in [0.15, 0.2) is 0 Å². The van der Waals surface area contributed by atoms with Crippen molar-refractivity contribution in [3.8, 4) is 0 Å². The van der Waals surface area contributed by atoms with Crippen molar-refractivity contribution in [2.75, 3.05) is 6.54 Å². The van der Waals surface area contributed by atoms with Crippen molar-refractivity contribution in [1.29, 1.82) is 0 Å². The zero-order valence-corrected chi connectivity index (χ0v) is 11.7. The largest absolute Gasteiger partial charge is 0.327 e. The average Bonchev–Trinajstić information content (AvgIpc) is 2.03. The van der Waals surface area contributed by atoms with Crippen molar-refractivity contribution in [2.24, 2.45) is 5.73 Å². The maximum Gasteiger partial charge on any atom is 0.0850 e. The Bertz CT molecular complexity index is 161. The fourth-order valence-corrected chi connectivity index (χ4v) is 8.55. The first kappa shape index (κ1) is 13.9. The molecule has 0 rings (SSSR count). The quantitative estimate of drug-likeness (QED) is 0.692. The Balaban J connectivity index is 5.05. The lowest BCUT2D eigenvalue weighted by Gasteiger charge is -2.40. The number of rotatable bonds is 5. The molecule has 0 aromatic rings. The van der Waals surface area contributed by atoms with Crippen molar-refractivity contribution >= 4 is 8.07 Å². The fraction of sp³-hybridized carbons (Fsp3) is 0.833. The minimum absolute atomic E-state index is 0.681. The van der Waals surface area contributed by atoms with E-state index in [1.54, 1.807) is 0 Å². The smallest absolute Gasteiger partial charge is 0.0850 e. The van der Waals surface area contributed by atoms with Gasteiger partial charge in [0.1, 0.15) is 0 Å². The summed E-state index contributed by atoms with van der Waals surface area (Å²) < 4.78 is 0. The topological polar surface area (TPSA) is 26.0 Å². The molecule has 2 N–H and O–H groups in total. The van der Waals surface area contributed by atoms with Crippen molar-refractivity contribution in [3.63, 3.8) is 0 Å². The van der Waals surface area contributed by atoms with Gasteiger partial charge in [-0.05, 0) is 16.6 Å². The van der Waals surface area contributed by atoms with Gasteiger partial charge >= 0.3 is 0 Å². The van der Waals surface area contributed by atoms with E-state index in [0.717, 1.165) is 16.6 Å². The molecule has 0 heterocycles. The lowest BCUT2D eigenvalue weighted by molar-refractivity contribution is 0.832. The van der Waals surface area contributed by atoms with Crippen molar-refractivity contribution in [2.45, 2.75) is 58.2 Å². The Hall–Kier alpha value is -0.0831. The molecule has 0 unspecified atom stereocenters. The highest BCUT2D eigenvalue weighted by molar-refractivity contribution is 6.87. The second-order valence-corrected chi connectivity index (χ2v) is 10.9. The molecule has 14 heavy (non-hydrogen) atoms. The van der Waals surface area contributed by atoms with E-state index in [0.29, 0.717) is 6.54 Å². The van der Waals surface area contributed by atoms with E-state index < -0.39 is 8.07 Å². The van der Waals surface area contributed by atoms with Crippen LogP contribution in [-0.4, -0.2) is 14.6 Å². The SMILES string of the molecule is CC(C)[Si](C=CCN)(C(C)C)C(C)C. The summed E-state index contributed by atoms with van der Waals surface area (Å²) >= 11 is 0. The fourth-order valence-electron chi connectivity index (χ4n) is 2.85. The Morgan fingerprint density at radius 2 is 1.29 bits per heavy atom. The summed E-state index contributed by atoms with van der Waals surface area (Å²) in [7, 11) is -1.31. The Morgan fingerprint density at radius 3 is 1.50 bits per heavy atom. The van der Waals surface area contributed by atoms with E-state index in [4.69, 9.17) is 5.73 Å². The first-order valence-electron chi connectivity index (χ1n) is 5.77. The molecule has 0 spiro atoms. The third-order valence-corrected chi connectivity index (χ3v) is 10.4. The van der Waals surface area contributed by atoms with Crippen LogP contribution in [0.25, 0.3) is 0 Å². The van der Waals surface area contributed by atoms with Crippen LogP contribution in [0.15, 0.2) is 11.8 Å². The maximum atomic E-state index is 5.57. The molecule has 0 atom stereocenters. The van der Waals surface area contributed by atoms with Gasteiger partial charge in [-0.2, -0.15) is 0 Å². The van der Waals surface area contributed by atoms with E-state index in [1.807, 2.05) is 0 Å². The van der Waals surface area contributed by atoms with Crippen molar-refractivity contribution < 1.29 is 0 Å². The highest BCUT2D eigenvalue weighted by Crippen LogP contribution is 2.42. The lowest BCUT2D eigenvalue weighted by Crippen LogP contribution is -2.42. The molecule has 0 fully saturated rings. The molecule has 0 aromatic heterocycles. The van der Waals surface area contributed by atoms with Crippen LogP contribution in [0.2, 0.25) is 16.6 Å². The minimum atomic E-state index is -1.31. The summed E-state index contributed by atoms with van der Waals surface area (Å²) in [5, 5.41) is 0. The van der Waals surface area contributed by atoms with Crippen LogP contribution in [0.5, 0.6) is 0 Å². The molecule has 0 saturated heterocycles. The summed E-state index contributed by atoms with van der Waals surface area (Å²) in [4.78, 5) is 0. The Labute approximate surface area is 90.8 Å². The molecule has 0 radical (unpaired) electrons. The van der Waals surface area contributed by atoms with Gasteiger partial charge in [-0.15, -0.1) is 0 Å². The molecule has 0 aliphatic rings. The van der Waals surface area contributed by atoms with Gasteiger partial charge in [-0.1, -0.05) is 53.3 Å². The van der Waals surface area contributed by atoms with Crippen LogP contribution in [0.4, 0.5) is 0 Å². The van der Waals surface area contributed by atoms with Gasteiger partial charge in [-0.3, -0.25) is 0 Å². The molecular formula is C12H27NSi. The standard InChI is InChI=1S/C12H27NSi/c1-10(2)14(11(3)4,12(5)6)9-7-8-13/h7,9-12H,8,13H2,1-6H3. The summed E-state index contributed by atoms with van der Waals surface area (Å²) in [6.45, 7) is 14.9. The predicted octanol–water partition coefficient (Wildman–Crippen LogP) is 3.72. The van der Waals surface area contributed by atoms with Gasteiger partial charge in [0.25, 0.3) is 0 Å². The molecule has 0 bridgehead atoms. The van der Waals surface area contributed by atoms with Crippen LogP contribution in [0.1, 0.15) is 41.5 Å². The van der Waals surface area contributed by atoms with Gasteiger partial charge in [0, 0.05) is 6.54 Å². The third kappa shape index (κ3) is 2.70. The molecule has 2 heteroatoms. The molecular weight excluding hydrogens is 186 g/mol. The van der Waals surface area contributed by atoms with Crippen LogP contribution in [0, 0.1) is 0 Å². The second kappa shape index (κ2) is 5.71. The van der Waals surface area contributed by atoms with Crippen LogP contribution in [0.3, 0.4) is 0 Å². The molecule has 0 aliphatic heterocycles. The molecule has 84 valence electrons. The number of hydrogen-bond acceptors (Lipinski definition) is 1.